The topological polar surface area (TPSA) is 24.9 Å². The maximum Gasteiger partial charge on any atom is 0.0794 e. The first-order valence-corrected chi connectivity index (χ1v) is 6.37. The van der Waals surface area contributed by atoms with Crippen LogP contribution >= 0.6 is 22.9 Å². The number of halogens is 1. The quantitative estimate of drug-likeness (QED) is 0.899. The lowest BCUT2D eigenvalue weighted by atomic mass is 10.2. The standard InChI is InChI=1S/C12H13ClN2S/c1-9(12-7-14-8-16-12)15-6-10-2-4-11(13)5-3-10/h2-5,7-9,15H,6H2,1H3. The zero-order valence-corrected chi connectivity index (χ0v) is 10.6. The number of benzene rings is 1. The van der Waals surface area contributed by atoms with Gasteiger partial charge >= 0.3 is 0 Å². The Kier molecular flexibility index (Phi) is 3.93. The van der Waals surface area contributed by atoms with E-state index in [0.717, 1.165) is 11.6 Å². The van der Waals surface area contributed by atoms with Crippen LogP contribution in [0, 0.1) is 0 Å². The van der Waals surface area contributed by atoms with Crippen molar-refractivity contribution in [3.8, 4) is 0 Å². The third-order valence-electron chi connectivity index (χ3n) is 2.40. The Morgan fingerprint density at radius 2 is 2.12 bits per heavy atom. The normalized spacial score (nSPS) is 12.6. The van der Waals surface area contributed by atoms with Gasteiger partial charge in [-0.05, 0) is 24.6 Å². The van der Waals surface area contributed by atoms with Gasteiger partial charge in [-0.15, -0.1) is 11.3 Å². The van der Waals surface area contributed by atoms with Crippen LogP contribution in [0.5, 0.6) is 0 Å². The summed E-state index contributed by atoms with van der Waals surface area (Å²) in [6.07, 6.45) is 1.91. The molecule has 0 saturated heterocycles. The molecule has 0 bridgehead atoms. The van der Waals surface area contributed by atoms with Crippen molar-refractivity contribution >= 4 is 22.9 Å². The maximum absolute atomic E-state index is 5.83. The Bertz CT molecular complexity index is 425. The molecule has 1 atom stereocenters. The fourth-order valence-electron chi connectivity index (χ4n) is 1.41. The molecule has 0 radical (unpaired) electrons. The van der Waals surface area contributed by atoms with Crippen LogP contribution in [-0.2, 0) is 6.54 Å². The van der Waals surface area contributed by atoms with Crippen LogP contribution in [0.1, 0.15) is 23.4 Å². The molecule has 2 rings (SSSR count). The minimum absolute atomic E-state index is 0.336. The zero-order chi connectivity index (χ0) is 11.4. The molecule has 1 unspecified atom stereocenters. The summed E-state index contributed by atoms with van der Waals surface area (Å²) in [5.41, 5.74) is 3.09. The second-order valence-corrected chi connectivity index (χ2v) is 4.99. The molecule has 1 aromatic carbocycles. The monoisotopic (exact) mass is 252 g/mol. The van der Waals surface area contributed by atoms with Gasteiger partial charge in [0.25, 0.3) is 0 Å². The van der Waals surface area contributed by atoms with Crippen LogP contribution in [0.15, 0.2) is 36.0 Å². The second-order valence-electron chi connectivity index (χ2n) is 3.63. The van der Waals surface area contributed by atoms with Crippen molar-refractivity contribution in [1.29, 1.82) is 0 Å². The van der Waals surface area contributed by atoms with Crippen LogP contribution < -0.4 is 5.32 Å². The number of aromatic nitrogens is 1. The lowest BCUT2D eigenvalue weighted by molar-refractivity contribution is 0.582. The van der Waals surface area contributed by atoms with Gasteiger partial charge in [0.05, 0.1) is 5.51 Å². The summed E-state index contributed by atoms with van der Waals surface area (Å²) < 4.78 is 0. The van der Waals surface area contributed by atoms with Crippen molar-refractivity contribution in [3.05, 3.63) is 51.4 Å². The van der Waals surface area contributed by atoms with Gasteiger partial charge in [0.1, 0.15) is 0 Å². The van der Waals surface area contributed by atoms with Crippen molar-refractivity contribution < 1.29 is 0 Å². The van der Waals surface area contributed by atoms with Crippen molar-refractivity contribution in [2.75, 3.05) is 0 Å². The highest BCUT2D eigenvalue weighted by molar-refractivity contribution is 7.09. The van der Waals surface area contributed by atoms with Gasteiger partial charge in [0.2, 0.25) is 0 Å². The number of hydrogen-bond donors (Lipinski definition) is 1. The van der Waals surface area contributed by atoms with Gasteiger partial charge in [-0.2, -0.15) is 0 Å². The molecule has 84 valence electrons. The Morgan fingerprint density at radius 1 is 1.38 bits per heavy atom. The first kappa shape index (κ1) is 11.6. The first-order valence-electron chi connectivity index (χ1n) is 5.12. The van der Waals surface area contributed by atoms with Gasteiger partial charge in [0, 0.05) is 28.7 Å². The summed E-state index contributed by atoms with van der Waals surface area (Å²) in [5.74, 6) is 0. The minimum atomic E-state index is 0.336. The molecule has 16 heavy (non-hydrogen) atoms. The smallest absolute Gasteiger partial charge is 0.0794 e. The first-order chi connectivity index (χ1) is 7.75. The lowest BCUT2D eigenvalue weighted by Gasteiger charge is -2.11. The summed E-state index contributed by atoms with van der Waals surface area (Å²) >= 11 is 7.50. The number of rotatable bonds is 4. The van der Waals surface area contributed by atoms with E-state index in [1.165, 1.54) is 10.4 Å². The molecular formula is C12H13ClN2S. The van der Waals surface area contributed by atoms with Crippen molar-refractivity contribution in [2.24, 2.45) is 0 Å². The summed E-state index contributed by atoms with van der Waals surface area (Å²) in [6.45, 7) is 2.99. The van der Waals surface area contributed by atoms with E-state index in [1.54, 1.807) is 11.3 Å². The minimum Gasteiger partial charge on any atom is -0.305 e. The molecule has 2 nitrogen and oxygen atoms in total. The fourth-order valence-corrected chi connectivity index (χ4v) is 2.19. The van der Waals surface area contributed by atoms with Gasteiger partial charge in [-0.1, -0.05) is 23.7 Å². The summed E-state index contributed by atoms with van der Waals surface area (Å²) in [4.78, 5) is 5.33. The molecule has 0 fully saturated rings. The average Bonchev–Trinajstić information content (AvgIpc) is 2.81. The van der Waals surface area contributed by atoms with Crippen LogP contribution in [-0.4, -0.2) is 4.98 Å². The van der Waals surface area contributed by atoms with Gasteiger partial charge < -0.3 is 5.32 Å². The lowest BCUT2D eigenvalue weighted by Crippen LogP contribution is -2.17. The molecule has 0 saturated carbocycles. The number of nitrogens with zero attached hydrogens (tertiary/aromatic N) is 1. The van der Waals surface area contributed by atoms with Crippen LogP contribution in [0.4, 0.5) is 0 Å². The van der Waals surface area contributed by atoms with E-state index in [9.17, 15) is 0 Å². The van der Waals surface area contributed by atoms with Crippen molar-refractivity contribution in [1.82, 2.24) is 10.3 Å². The molecule has 4 heteroatoms. The molecule has 1 N–H and O–H groups in total. The van der Waals surface area contributed by atoms with Crippen LogP contribution in [0.2, 0.25) is 5.02 Å². The van der Waals surface area contributed by atoms with E-state index in [4.69, 9.17) is 11.6 Å². The summed E-state index contributed by atoms with van der Waals surface area (Å²) in [5, 5.41) is 4.23. The molecule has 0 aliphatic rings. The molecule has 1 heterocycles. The number of hydrogen-bond acceptors (Lipinski definition) is 3. The molecule has 2 aromatic rings. The highest BCUT2D eigenvalue weighted by atomic mass is 35.5. The van der Waals surface area contributed by atoms with Crippen LogP contribution in [0.3, 0.4) is 0 Å². The van der Waals surface area contributed by atoms with Crippen molar-refractivity contribution in [2.45, 2.75) is 19.5 Å². The van der Waals surface area contributed by atoms with Gasteiger partial charge in [-0.3, -0.25) is 4.98 Å². The second kappa shape index (κ2) is 5.43. The SMILES string of the molecule is CC(NCc1ccc(Cl)cc1)c1cncs1. The Hall–Kier alpha value is -0.900. The predicted octanol–water partition coefficient (Wildman–Crippen LogP) is 3.65. The summed E-state index contributed by atoms with van der Waals surface area (Å²) in [7, 11) is 0. The molecule has 1 aromatic heterocycles. The Balaban J connectivity index is 1.90. The average molecular weight is 253 g/mol. The number of nitrogens with one attached hydrogen (secondary N) is 1. The van der Waals surface area contributed by atoms with E-state index in [0.29, 0.717) is 6.04 Å². The Labute approximate surface area is 104 Å². The predicted molar refractivity (Wildman–Crippen MR) is 68.8 cm³/mol. The molecule has 0 spiro atoms. The van der Waals surface area contributed by atoms with E-state index in [1.807, 2.05) is 36.0 Å². The fraction of sp³-hybridized carbons (Fsp3) is 0.250. The van der Waals surface area contributed by atoms with Crippen molar-refractivity contribution in [3.63, 3.8) is 0 Å². The maximum atomic E-state index is 5.83. The number of thiazole rings is 1. The van der Waals surface area contributed by atoms with E-state index in [-0.39, 0.29) is 0 Å². The van der Waals surface area contributed by atoms with Gasteiger partial charge in [-0.25, -0.2) is 0 Å². The summed E-state index contributed by atoms with van der Waals surface area (Å²) in [6, 6.07) is 8.23. The van der Waals surface area contributed by atoms with E-state index in [2.05, 4.69) is 17.2 Å². The molecular weight excluding hydrogens is 240 g/mol. The van der Waals surface area contributed by atoms with Crippen LogP contribution in [0.25, 0.3) is 0 Å². The molecule has 0 amide bonds. The molecule has 0 aliphatic carbocycles. The Morgan fingerprint density at radius 3 is 2.75 bits per heavy atom. The highest BCUT2D eigenvalue weighted by Gasteiger charge is 2.05. The van der Waals surface area contributed by atoms with Gasteiger partial charge in [0.15, 0.2) is 0 Å². The van der Waals surface area contributed by atoms with E-state index >= 15 is 0 Å². The largest absolute Gasteiger partial charge is 0.305 e. The van der Waals surface area contributed by atoms with E-state index < -0.39 is 0 Å². The third-order valence-corrected chi connectivity index (χ3v) is 3.61. The molecule has 0 aliphatic heterocycles. The highest BCUT2D eigenvalue weighted by Crippen LogP contribution is 2.17. The zero-order valence-electron chi connectivity index (χ0n) is 8.98. The third kappa shape index (κ3) is 3.04.